The Morgan fingerprint density at radius 3 is 2.30 bits per heavy atom. The summed E-state index contributed by atoms with van der Waals surface area (Å²) in [6.07, 6.45) is 15.1. The summed E-state index contributed by atoms with van der Waals surface area (Å²) in [6, 6.07) is 5.05. The Labute approximate surface area is 276 Å². The number of carboxylic acids is 1. The summed E-state index contributed by atoms with van der Waals surface area (Å²) in [5, 5.41) is 20.7. The molecule has 5 aliphatic carbocycles. The van der Waals surface area contributed by atoms with Crippen molar-refractivity contribution in [3.63, 3.8) is 0 Å². The number of fused-ring (bicyclic) bond motifs is 7. The number of ether oxygens (including phenoxy) is 2. The van der Waals surface area contributed by atoms with E-state index in [0.717, 1.165) is 64.2 Å². The molecule has 4 saturated carbocycles. The molecule has 5 aliphatic rings. The highest BCUT2D eigenvalue weighted by Crippen LogP contribution is 2.75. The monoisotopic (exact) mass is 632 g/mol. The van der Waals surface area contributed by atoms with Crippen LogP contribution in [0.2, 0.25) is 0 Å². The van der Waals surface area contributed by atoms with E-state index in [2.05, 4.69) is 54.5 Å². The molecule has 6 nitrogen and oxygen atoms in total. The van der Waals surface area contributed by atoms with E-state index < -0.39 is 11.4 Å². The Hall–Kier alpha value is -2.76. The number of carbonyl (C=O) groups is 2. The minimum atomic E-state index is -0.614. The molecule has 0 amide bonds. The molecule has 6 heteroatoms. The van der Waals surface area contributed by atoms with E-state index >= 15 is 0 Å². The van der Waals surface area contributed by atoms with E-state index in [9.17, 15) is 19.8 Å². The minimum Gasteiger partial charge on any atom is -0.504 e. The first-order chi connectivity index (χ1) is 21.4. The summed E-state index contributed by atoms with van der Waals surface area (Å²) >= 11 is 0. The van der Waals surface area contributed by atoms with Crippen LogP contribution in [0, 0.1) is 50.2 Å². The quantitative estimate of drug-likeness (QED) is 0.191. The molecule has 1 aromatic rings. The maximum atomic E-state index is 13.1. The maximum Gasteiger partial charge on any atom is 0.331 e. The Morgan fingerprint density at radius 1 is 0.913 bits per heavy atom. The lowest BCUT2D eigenvalue weighted by molar-refractivity contribution is -0.212. The van der Waals surface area contributed by atoms with Gasteiger partial charge in [0.05, 0.1) is 12.5 Å². The summed E-state index contributed by atoms with van der Waals surface area (Å²) in [4.78, 5) is 26.0. The number of carboxylic acid groups (broad SMARTS) is 1. The van der Waals surface area contributed by atoms with Crippen LogP contribution in [0.4, 0.5) is 0 Å². The number of carbonyl (C=O) groups excluding carboxylic acids is 1. The van der Waals surface area contributed by atoms with Gasteiger partial charge in [-0.25, -0.2) is 4.79 Å². The van der Waals surface area contributed by atoms with Gasteiger partial charge in [0.15, 0.2) is 11.5 Å². The molecule has 6 rings (SSSR count). The van der Waals surface area contributed by atoms with Crippen LogP contribution in [0.25, 0.3) is 6.08 Å². The Morgan fingerprint density at radius 2 is 1.63 bits per heavy atom. The third-order valence-corrected chi connectivity index (χ3v) is 14.9. The molecule has 0 heterocycles. The Balaban J connectivity index is 1.24. The van der Waals surface area contributed by atoms with Gasteiger partial charge in [-0.05, 0) is 127 Å². The number of aliphatic carboxylic acids is 1. The predicted molar refractivity (Wildman–Crippen MR) is 180 cm³/mol. The zero-order valence-corrected chi connectivity index (χ0v) is 29.4. The van der Waals surface area contributed by atoms with Crippen LogP contribution < -0.4 is 4.74 Å². The standard InChI is InChI=1S/C40H56O6/c1-35(2)19-21-40(34(43)44)22-20-38(6)26(27(40)24-35)11-13-31-37(5)17-16-32(36(3,4)30(37)15-18-39(31,38)7)46-33(42)14-10-25-9-12-29(45-8)28(41)23-25/h9-12,14,23,27,30-32,41H,13,15-22,24H2,1-8H3,(H,43,44)/b14-10+/t27-,30-,31+,32-,37-,38+,39+,40-/m0/s1. The fraction of sp³-hybridized carbons (Fsp3) is 0.700. The molecule has 252 valence electrons. The van der Waals surface area contributed by atoms with Crippen molar-refractivity contribution in [1.82, 2.24) is 0 Å². The number of rotatable bonds is 5. The summed E-state index contributed by atoms with van der Waals surface area (Å²) < 4.78 is 11.3. The normalized spacial score (nSPS) is 40.8. The number of hydrogen-bond donors (Lipinski definition) is 2. The molecule has 8 atom stereocenters. The third kappa shape index (κ3) is 4.78. The van der Waals surface area contributed by atoms with Gasteiger partial charge in [-0.2, -0.15) is 0 Å². The van der Waals surface area contributed by atoms with E-state index in [0.29, 0.717) is 23.1 Å². The van der Waals surface area contributed by atoms with Gasteiger partial charge in [0, 0.05) is 11.5 Å². The van der Waals surface area contributed by atoms with Gasteiger partial charge in [0.2, 0.25) is 0 Å². The molecule has 0 spiro atoms. The second-order valence-electron chi connectivity index (χ2n) is 17.7. The molecular formula is C40H56O6. The van der Waals surface area contributed by atoms with Crippen LogP contribution in [0.1, 0.15) is 118 Å². The number of methoxy groups -OCH3 is 1. The highest BCUT2D eigenvalue weighted by Gasteiger charge is 2.69. The molecule has 1 aromatic carbocycles. The van der Waals surface area contributed by atoms with E-state index in [-0.39, 0.29) is 50.8 Å². The average molecular weight is 633 g/mol. The fourth-order valence-corrected chi connectivity index (χ4v) is 12.0. The highest BCUT2D eigenvalue weighted by atomic mass is 16.5. The second kappa shape index (κ2) is 10.9. The zero-order chi connectivity index (χ0) is 33.5. The number of allylic oxidation sites excluding steroid dienone is 2. The van der Waals surface area contributed by atoms with Gasteiger partial charge >= 0.3 is 11.9 Å². The fourth-order valence-electron chi connectivity index (χ4n) is 12.0. The van der Waals surface area contributed by atoms with Crippen molar-refractivity contribution < 1.29 is 29.3 Å². The van der Waals surface area contributed by atoms with Gasteiger partial charge in [-0.1, -0.05) is 66.2 Å². The van der Waals surface area contributed by atoms with Crippen LogP contribution in [0.15, 0.2) is 35.9 Å². The first-order valence-corrected chi connectivity index (χ1v) is 17.6. The molecule has 0 bridgehead atoms. The highest BCUT2D eigenvalue weighted by molar-refractivity contribution is 5.87. The van der Waals surface area contributed by atoms with E-state index in [1.54, 1.807) is 24.3 Å². The van der Waals surface area contributed by atoms with Crippen molar-refractivity contribution in [2.24, 2.45) is 50.2 Å². The van der Waals surface area contributed by atoms with Crippen LogP contribution in [-0.2, 0) is 14.3 Å². The van der Waals surface area contributed by atoms with E-state index in [4.69, 9.17) is 9.47 Å². The largest absolute Gasteiger partial charge is 0.504 e. The van der Waals surface area contributed by atoms with Gasteiger partial charge in [0.1, 0.15) is 6.10 Å². The molecule has 0 aromatic heterocycles. The lowest BCUT2D eigenvalue weighted by atomic mass is 9.33. The van der Waals surface area contributed by atoms with Crippen molar-refractivity contribution >= 4 is 18.0 Å². The van der Waals surface area contributed by atoms with Crippen LogP contribution >= 0.6 is 0 Å². The lowest BCUT2D eigenvalue weighted by Crippen LogP contribution is -2.65. The Kier molecular flexibility index (Phi) is 7.84. The molecule has 0 unspecified atom stereocenters. The second-order valence-corrected chi connectivity index (χ2v) is 17.7. The first-order valence-electron chi connectivity index (χ1n) is 17.6. The van der Waals surface area contributed by atoms with Gasteiger partial charge in [-0.15, -0.1) is 0 Å². The number of phenolic OH excluding ortho intramolecular Hbond substituents is 1. The summed E-state index contributed by atoms with van der Waals surface area (Å²) in [6.45, 7) is 16.8. The smallest absolute Gasteiger partial charge is 0.331 e. The lowest BCUT2D eigenvalue weighted by Gasteiger charge is -2.71. The van der Waals surface area contributed by atoms with Crippen LogP contribution in [0.3, 0.4) is 0 Å². The van der Waals surface area contributed by atoms with E-state index in [1.165, 1.54) is 18.8 Å². The van der Waals surface area contributed by atoms with Crippen molar-refractivity contribution in [3.05, 3.63) is 41.5 Å². The number of aromatic hydroxyl groups is 1. The molecule has 4 fully saturated rings. The minimum absolute atomic E-state index is 0.00489. The third-order valence-electron chi connectivity index (χ3n) is 14.9. The van der Waals surface area contributed by atoms with Gasteiger partial charge in [0.25, 0.3) is 0 Å². The number of phenols is 1. The summed E-state index contributed by atoms with van der Waals surface area (Å²) in [7, 11) is 1.51. The first kappa shape index (κ1) is 33.2. The van der Waals surface area contributed by atoms with Crippen molar-refractivity contribution in [1.29, 1.82) is 0 Å². The summed E-state index contributed by atoms with van der Waals surface area (Å²) in [5.74, 6) is 0.535. The Bertz CT molecular complexity index is 1470. The van der Waals surface area contributed by atoms with Crippen molar-refractivity contribution in [2.75, 3.05) is 7.11 Å². The zero-order valence-electron chi connectivity index (χ0n) is 29.4. The number of hydrogen-bond acceptors (Lipinski definition) is 5. The molecule has 2 N–H and O–H groups in total. The molecular weight excluding hydrogens is 576 g/mol. The molecule has 0 aliphatic heterocycles. The van der Waals surface area contributed by atoms with Crippen LogP contribution in [-0.4, -0.2) is 35.4 Å². The summed E-state index contributed by atoms with van der Waals surface area (Å²) in [5.41, 5.74) is 1.74. The molecule has 0 radical (unpaired) electrons. The van der Waals surface area contributed by atoms with Crippen LogP contribution in [0.5, 0.6) is 11.5 Å². The van der Waals surface area contributed by atoms with Gasteiger partial charge in [-0.3, -0.25) is 4.79 Å². The van der Waals surface area contributed by atoms with Gasteiger partial charge < -0.3 is 19.7 Å². The maximum absolute atomic E-state index is 13.1. The predicted octanol–water partition coefficient (Wildman–Crippen LogP) is 9.21. The molecule has 0 saturated heterocycles. The number of esters is 1. The van der Waals surface area contributed by atoms with Crippen molar-refractivity contribution in [2.45, 2.75) is 119 Å². The SMILES string of the molecule is COc1ccc(/C=C/C(=O)O[C@H]2CC[C@]3(C)[C@H]4CC=C5[C@@H]6CC(C)(C)CC[C@]6(C(=O)O)CC[C@@]5(C)[C@]4(C)CC[C@H]3C2(C)C)cc1O. The topological polar surface area (TPSA) is 93.1 Å². The van der Waals surface area contributed by atoms with E-state index in [1.807, 2.05) is 0 Å². The average Bonchev–Trinajstić information content (AvgIpc) is 2.97. The van der Waals surface area contributed by atoms with Crippen molar-refractivity contribution in [3.8, 4) is 11.5 Å². The number of benzene rings is 1. The molecule has 46 heavy (non-hydrogen) atoms.